The van der Waals surface area contributed by atoms with E-state index in [9.17, 15) is 5.26 Å². The molecule has 1 aliphatic rings. The number of pyridine rings is 1. The van der Waals surface area contributed by atoms with E-state index in [4.69, 9.17) is 0 Å². The van der Waals surface area contributed by atoms with Crippen LogP contribution in [-0.2, 0) is 19.3 Å². The lowest BCUT2D eigenvalue weighted by atomic mass is 9.69. The molecule has 0 saturated heterocycles. The van der Waals surface area contributed by atoms with E-state index < -0.39 is 0 Å². The molecule has 2 aromatic rings. The Hall–Kier alpha value is -1.66. The van der Waals surface area contributed by atoms with Gasteiger partial charge in [0.2, 0.25) is 0 Å². The molecular weight excluding hydrogens is 312 g/mol. The Labute approximate surface area is 127 Å². The van der Waals surface area contributed by atoms with Crippen LogP contribution in [-0.4, -0.2) is 4.98 Å². The Balaban J connectivity index is 1.89. The first-order chi connectivity index (χ1) is 9.71. The zero-order chi connectivity index (χ0) is 14.0. The van der Waals surface area contributed by atoms with E-state index in [0.29, 0.717) is 0 Å². The summed E-state index contributed by atoms with van der Waals surface area (Å²) < 4.78 is 0.972. The van der Waals surface area contributed by atoms with E-state index in [2.05, 4.69) is 57.3 Å². The van der Waals surface area contributed by atoms with Gasteiger partial charge in [0, 0.05) is 16.9 Å². The van der Waals surface area contributed by atoms with Crippen molar-refractivity contribution in [2.24, 2.45) is 5.41 Å². The van der Waals surface area contributed by atoms with Gasteiger partial charge in [0.15, 0.2) is 0 Å². The summed E-state index contributed by atoms with van der Waals surface area (Å²) in [6.07, 6.45) is 7.16. The Bertz CT molecular complexity index is 675. The smallest absolute Gasteiger partial charge is 0.0696 e. The van der Waals surface area contributed by atoms with Gasteiger partial charge in [-0.3, -0.25) is 4.98 Å². The second-order valence-corrected chi connectivity index (χ2v) is 6.44. The van der Waals surface area contributed by atoms with Gasteiger partial charge in [-0.1, -0.05) is 24.3 Å². The molecule has 0 aliphatic heterocycles. The average Bonchev–Trinajstić information content (AvgIpc) is 2.47. The molecule has 3 rings (SSSR count). The Morgan fingerprint density at radius 2 is 2.05 bits per heavy atom. The van der Waals surface area contributed by atoms with Crippen LogP contribution in [0.15, 0.2) is 47.2 Å². The van der Waals surface area contributed by atoms with Crippen LogP contribution in [0.25, 0.3) is 0 Å². The highest BCUT2D eigenvalue weighted by Gasteiger charge is 2.34. The molecule has 1 aromatic carbocycles. The zero-order valence-corrected chi connectivity index (χ0v) is 12.7. The third kappa shape index (κ3) is 2.62. The normalized spacial score (nSPS) is 21.0. The van der Waals surface area contributed by atoms with Gasteiger partial charge in [-0.25, -0.2) is 0 Å². The van der Waals surface area contributed by atoms with Crippen LogP contribution in [0.3, 0.4) is 0 Å². The summed E-state index contributed by atoms with van der Waals surface area (Å²) in [5.74, 6) is 0. The summed E-state index contributed by atoms with van der Waals surface area (Å²) in [5, 5.41) is 9.72. The minimum absolute atomic E-state index is 0.295. The first kappa shape index (κ1) is 13.3. The minimum Gasteiger partial charge on any atom is -0.263 e. The molecule has 3 heteroatoms. The van der Waals surface area contributed by atoms with Crippen LogP contribution < -0.4 is 0 Å². The molecule has 2 nitrogen and oxygen atoms in total. The highest BCUT2D eigenvalue weighted by Crippen LogP contribution is 2.38. The van der Waals surface area contributed by atoms with Gasteiger partial charge in [-0.05, 0) is 64.4 Å². The van der Waals surface area contributed by atoms with E-state index in [-0.39, 0.29) is 5.41 Å². The molecular formula is C17H15BrN2. The maximum Gasteiger partial charge on any atom is 0.0696 e. The monoisotopic (exact) mass is 326 g/mol. The number of hydrogen-bond acceptors (Lipinski definition) is 2. The standard InChI is InChI=1S/C17H15BrN2/c18-16-7-13(10-20-11-16)8-17(12-19)6-5-14-3-1-2-4-15(14)9-17/h1-4,7,10-11H,5-6,8-9H2. The van der Waals surface area contributed by atoms with Crippen molar-refractivity contribution < 1.29 is 0 Å². The molecule has 1 atom stereocenters. The van der Waals surface area contributed by atoms with E-state index >= 15 is 0 Å². The Morgan fingerprint density at radius 1 is 1.25 bits per heavy atom. The number of fused-ring (bicyclic) bond motifs is 1. The van der Waals surface area contributed by atoms with Crippen molar-refractivity contribution in [1.29, 1.82) is 5.26 Å². The van der Waals surface area contributed by atoms with Crippen molar-refractivity contribution in [3.63, 3.8) is 0 Å². The van der Waals surface area contributed by atoms with Crippen molar-refractivity contribution in [2.75, 3.05) is 0 Å². The largest absolute Gasteiger partial charge is 0.263 e. The quantitative estimate of drug-likeness (QED) is 0.833. The number of nitrogens with zero attached hydrogens (tertiary/aromatic N) is 2. The number of hydrogen-bond donors (Lipinski definition) is 0. The topological polar surface area (TPSA) is 36.7 Å². The predicted molar refractivity (Wildman–Crippen MR) is 82.2 cm³/mol. The molecule has 20 heavy (non-hydrogen) atoms. The van der Waals surface area contributed by atoms with Gasteiger partial charge >= 0.3 is 0 Å². The van der Waals surface area contributed by atoms with E-state index in [1.165, 1.54) is 11.1 Å². The molecule has 1 heterocycles. The third-order valence-electron chi connectivity index (χ3n) is 4.06. The fourth-order valence-corrected chi connectivity index (χ4v) is 3.44. The van der Waals surface area contributed by atoms with Gasteiger partial charge in [-0.2, -0.15) is 5.26 Å². The van der Waals surface area contributed by atoms with Gasteiger partial charge in [0.1, 0.15) is 0 Å². The van der Waals surface area contributed by atoms with Gasteiger partial charge in [0.25, 0.3) is 0 Å². The Morgan fingerprint density at radius 3 is 2.80 bits per heavy atom. The highest BCUT2D eigenvalue weighted by atomic mass is 79.9. The summed E-state index contributed by atoms with van der Waals surface area (Å²) in [6, 6.07) is 13.1. The summed E-state index contributed by atoms with van der Waals surface area (Å²) >= 11 is 3.45. The first-order valence-corrected chi connectivity index (χ1v) is 7.58. The van der Waals surface area contributed by atoms with Gasteiger partial charge < -0.3 is 0 Å². The summed E-state index contributed by atoms with van der Waals surface area (Å²) in [6.45, 7) is 0. The molecule has 1 aromatic heterocycles. The van der Waals surface area contributed by atoms with Crippen molar-refractivity contribution in [1.82, 2.24) is 4.98 Å². The van der Waals surface area contributed by atoms with Crippen molar-refractivity contribution >= 4 is 15.9 Å². The lowest BCUT2D eigenvalue weighted by molar-refractivity contribution is 0.339. The number of aryl methyl sites for hydroxylation is 1. The SMILES string of the molecule is N#CC1(Cc2cncc(Br)c2)CCc2ccccc2C1. The summed E-state index contributed by atoms with van der Waals surface area (Å²) in [4.78, 5) is 4.20. The molecule has 0 radical (unpaired) electrons. The average molecular weight is 327 g/mol. The molecule has 100 valence electrons. The van der Waals surface area contributed by atoms with E-state index in [1.807, 2.05) is 6.20 Å². The Kier molecular flexibility index (Phi) is 3.58. The van der Waals surface area contributed by atoms with Crippen molar-refractivity contribution in [2.45, 2.75) is 25.7 Å². The van der Waals surface area contributed by atoms with Crippen LogP contribution in [0.1, 0.15) is 23.1 Å². The van der Waals surface area contributed by atoms with Gasteiger partial charge in [0.05, 0.1) is 11.5 Å². The number of rotatable bonds is 2. The third-order valence-corrected chi connectivity index (χ3v) is 4.49. The zero-order valence-electron chi connectivity index (χ0n) is 11.1. The fourth-order valence-electron chi connectivity index (χ4n) is 3.03. The van der Waals surface area contributed by atoms with Crippen LogP contribution in [0.2, 0.25) is 0 Å². The second-order valence-electron chi connectivity index (χ2n) is 5.53. The van der Waals surface area contributed by atoms with Crippen molar-refractivity contribution in [3.8, 4) is 6.07 Å². The number of halogens is 1. The molecule has 1 aliphatic carbocycles. The number of aromatic nitrogens is 1. The van der Waals surface area contributed by atoms with Crippen LogP contribution in [0.5, 0.6) is 0 Å². The number of nitriles is 1. The molecule has 0 fully saturated rings. The maximum absolute atomic E-state index is 9.72. The molecule has 0 N–H and O–H groups in total. The lowest BCUT2D eigenvalue weighted by Gasteiger charge is -2.32. The van der Waals surface area contributed by atoms with E-state index in [0.717, 1.165) is 35.7 Å². The van der Waals surface area contributed by atoms with Gasteiger partial charge in [-0.15, -0.1) is 0 Å². The molecule has 0 amide bonds. The first-order valence-electron chi connectivity index (χ1n) is 6.78. The maximum atomic E-state index is 9.72. The minimum atomic E-state index is -0.295. The van der Waals surface area contributed by atoms with Crippen LogP contribution in [0, 0.1) is 16.7 Å². The second kappa shape index (κ2) is 5.38. The molecule has 0 spiro atoms. The fraction of sp³-hybridized carbons (Fsp3) is 0.294. The molecule has 0 bridgehead atoms. The number of benzene rings is 1. The van der Waals surface area contributed by atoms with Crippen molar-refractivity contribution in [3.05, 3.63) is 63.9 Å². The summed E-state index contributed by atoms with van der Waals surface area (Å²) in [5.41, 5.74) is 3.55. The molecule has 0 saturated carbocycles. The van der Waals surface area contributed by atoms with E-state index in [1.54, 1.807) is 6.20 Å². The van der Waals surface area contributed by atoms with Crippen LogP contribution in [0.4, 0.5) is 0 Å². The summed E-state index contributed by atoms with van der Waals surface area (Å²) in [7, 11) is 0. The lowest BCUT2D eigenvalue weighted by Crippen LogP contribution is -2.29. The predicted octanol–water partition coefficient (Wildman–Crippen LogP) is 4.09. The molecule has 1 unspecified atom stereocenters. The highest BCUT2D eigenvalue weighted by molar-refractivity contribution is 9.10. The van der Waals surface area contributed by atoms with Crippen LogP contribution >= 0.6 is 15.9 Å².